The van der Waals surface area contributed by atoms with Crippen LogP contribution >= 0.6 is 0 Å². The third-order valence-electron chi connectivity index (χ3n) is 6.22. The van der Waals surface area contributed by atoms with Crippen LogP contribution in [0.3, 0.4) is 0 Å². The van der Waals surface area contributed by atoms with Crippen molar-refractivity contribution >= 4 is 40.2 Å². The molecule has 2 aromatic carbocycles. The first kappa shape index (κ1) is 21.6. The number of nitrogens with zero attached hydrogens (tertiary/aromatic N) is 4. The third-order valence-corrected chi connectivity index (χ3v) is 6.22. The predicted octanol–water partition coefficient (Wildman–Crippen LogP) is 2.60. The van der Waals surface area contributed by atoms with E-state index in [1.807, 2.05) is 24.3 Å². The van der Waals surface area contributed by atoms with Gasteiger partial charge in [0.1, 0.15) is 5.82 Å². The highest BCUT2D eigenvalue weighted by Gasteiger charge is 2.39. The zero-order valence-corrected chi connectivity index (χ0v) is 18.9. The fourth-order valence-corrected chi connectivity index (χ4v) is 4.56. The summed E-state index contributed by atoms with van der Waals surface area (Å²) in [7, 11) is 3.34. The highest BCUT2D eigenvalue weighted by atomic mass is 16.2. The van der Waals surface area contributed by atoms with Gasteiger partial charge in [-0.25, -0.2) is 9.99 Å². The topological polar surface area (TPSA) is 117 Å². The second-order valence-electron chi connectivity index (χ2n) is 8.65. The van der Waals surface area contributed by atoms with Gasteiger partial charge in [-0.3, -0.25) is 19.2 Å². The first-order chi connectivity index (χ1) is 16.3. The van der Waals surface area contributed by atoms with E-state index in [0.717, 1.165) is 5.01 Å². The number of hydrogen-bond acceptors (Lipinski definition) is 6. The number of aromatic nitrogens is 1. The molecule has 1 saturated heterocycles. The van der Waals surface area contributed by atoms with Crippen LogP contribution in [0.25, 0.3) is 22.0 Å². The maximum Gasteiger partial charge on any atom is 0.273 e. The molecule has 0 radical (unpaired) electrons. The molecule has 9 heteroatoms. The summed E-state index contributed by atoms with van der Waals surface area (Å²) in [6.45, 7) is 0.0828. The predicted molar refractivity (Wildman–Crippen MR) is 125 cm³/mol. The van der Waals surface area contributed by atoms with Crippen LogP contribution in [0, 0.1) is 0 Å². The summed E-state index contributed by atoms with van der Waals surface area (Å²) in [5, 5.41) is 3.54. The van der Waals surface area contributed by atoms with E-state index in [0.29, 0.717) is 51.0 Å². The lowest BCUT2D eigenvalue weighted by atomic mass is 9.96. The van der Waals surface area contributed by atoms with E-state index >= 15 is 0 Å². The number of nitrogens with two attached hydrogens (primary N) is 1. The first-order valence-electron chi connectivity index (χ1n) is 11.0. The Kier molecular flexibility index (Phi) is 5.04. The molecule has 34 heavy (non-hydrogen) atoms. The van der Waals surface area contributed by atoms with Crippen LogP contribution < -0.4 is 5.73 Å². The van der Waals surface area contributed by atoms with Gasteiger partial charge in [-0.15, -0.1) is 0 Å². The van der Waals surface area contributed by atoms with Gasteiger partial charge < -0.3 is 10.6 Å². The van der Waals surface area contributed by atoms with Gasteiger partial charge in [-0.2, -0.15) is 5.01 Å². The maximum atomic E-state index is 13.2. The second kappa shape index (κ2) is 7.95. The summed E-state index contributed by atoms with van der Waals surface area (Å²) in [6.07, 6.45) is 0.950. The molecule has 5 rings (SSSR count). The number of hydrogen-bond donors (Lipinski definition) is 1. The standard InChI is InChI=1S/C25H23N5O4/c1-28(2)25(34)21-17-6-3-4-7-18(17)23(26)27-22(21)14-10-11-16-15(12-14)13-29(24(16)33)30-19(31)8-5-9-20(30)32/h3-4,6-7,10-12H,5,8-9,13H2,1-2H3,(H2,26,27). The van der Waals surface area contributed by atoms with E-state index in [4.69, 9.17) is 5.73 Å². The molecular weight excluding hydrogens is 434 g/mol. The van der Waals surface area contributed by atoms with E-state index in [1.165, 1.54) is 9.91 Å². The quantitative estimate of drug-likeness (QED) is 0.604. The van der Waals surface area contributed by atoms with Crippen molar-refractivity contribution in [2.24, 2.45) is 0 Å². The van der Waals surface area contributed by atoms with E-state index < -0.39 is 5.91 Å². The zero-order valence-electron chi connectivity index (χ0n) is 18.9. The van der Waals surface area contributed by atoms with Gasteiger partial charge in [0.2, 0.25) is 11.8 Å². The van der Waals surface area contributed by atoms with Crippen LogP contribution in [-0.2, 0) is 16.1 Å². The van der Waals surface area contributed by atoms with Gasteiger partial charge in [0, 0.05) is 48.8 Å². The Labute approximate surface area is 195 Å². The number of carbonyl (C=O) groups is 4. The number of pyridine rings is 1. The van der Waals surface area contributed by atoms with Crippen molar-refractivity contribution in [3.8, 4) is 11.3 Å². The fraction of sp³-hybridized carbons (Fsp3) is 0.240. The van der Waals surface area contributed by atoms with E-state index in [-0.39, 0.29) is 37.1 Å². The molecule has 1 fully saturated rings. The number of fused-ring (bicyclic) bond motifs is 2. The highest BCUT2D eigenvalue weighted by Crippen LogP contribution is 2.35. The maximum absolute atomic E-state index is 13.2. The van der Waals surface area contributed by atoms with E-state index in [1.54, 1.807) is 32.3 Å². The number of amides is 4. The Morgan fingerprint density at radius 1 is 1.00 bits per heavy atom. The van der Waals surface area contributed by atoms with Crippen molar-refractivity contribution in [3.05, 3.63) is 59.2 Å². The van der Waals surface area contributed by atoms with Crippen molar-refractivity contribution < 1.29 is 19.2 Å². The van der Waals surface area contributed by atoms with Crippen LogP contribution in [0.5, 0.6) is 0 Å². The number of carbonyl (C=O) groups excluding carboxylic acids is 4. The van der Waals surface area contributed by atoms with Crippen LogP contribution in [-0.4, -0.2) is 57.6 Å². The molecule has 2 aliphatic heterocycles. The summed E-state index contributed by atoms with van der Waals surface area (Å²) in [6, 6.07) is 12.5. The molecule has 3 heterocycles. The minimum atomic E-state index is -0.402. The third kappa shape index (κ3) is 3.28. The molecule has 2 N–H and O–H groups in total. The molecule has 172 valence electrons. The Morgan fingerprint density at radius 2 is 1.68 bits per heavy atom. The summed E-state index contributed by atoms with van der Waals surface area (Å²) in [4.78, 5) is 57.0. The molecule has 0 saturated carbocycles. The number of rotatable bonds is 3. The average molecular weight is 457 g/mol. The monoisotopic (exact) mass is 457 g/mol. The van der Waals surface area contributed by atoms with Crippen LogP contribution in [0.15, 0.2) is 42.5 Å². The molecule has 1 aromatic heterocycles. The van der Waals surface area contributed by atoms with Crippen molar-refractivity contribution in [1.82, 2.24) is 19.9 Å². The lowest BCUT2D eigenvalue weighted by Gasteiger charge is -2.32. The summed E-state index contributed by atoms with van der Waals surface area (Å²) < 4.78 is 0. The smallest absolute Gasteiger partial charge is 0.273 e. The number of nitrogen functional groups attached to an aromatic ring is 1. The molecular formula is C25H23N5O4. The van der Waals surface area contributed by atoms with E-state index in [2.05, 4.69) is 4.98 Å². The molecule has 2 aliphatic rings. The lowest BCUT2D eigenvalue weighted by molar-refractivity contribution is -0.163. The zero-order chi connectivity index (χ0) is 24.1. The molecule has 3 aromatic rings. The van der Waals surface area contributed by atoms with Gasteiger partial charge in [0.25, 0.3) is 11.8 Å². The molecule has 0 atom stereocenters. The normalized spacial score (nSPS) is 15.8. The molecule has 0 bridgehead atoms. The van der Waals surface area contributed by atoms with Gasteiger partial charge in [0.05, 0.1) is 17.8 Å². The van der Waals surface area contributed by atoms with Crippen molar-refractivity contribution in [2.75, 3.05) is 19.8 Å². The van der Waals surface area contributed by atoms with Gasteiger partial charge in [0.15, 0.2) is 0 Å². The van der Waals surface area contributed by atoms with Crippen molar-refractivity contribution in [3.63, 3.8) is 0 Å². The fourth-order valence-electron chi connectivity index (χ4n) is 4.56. The second-order valence-corrected chi connectivity index (χ2v) is 8.65. The minimum Gasteiger partial charge on any atom is -0.383 e. The molecule has 0 spiro atoms. The lowest BCUT2D eigenvalue weighted by Crippen LogP contribution is -2.51. The first-order valence-corrected chi connectivity index (χ1v) is 11.0. The number of anilines is 1. The molecule has 4 amide bonds. The van der Waals surface area contributed by atoms with Crippen molar-refractivity contribution in [1.29, 1.82) is 0 Å². The molecule has 0 aliphatic carbocycles. The average Bonchev–Trinajstić information content (AvgIpc) is 3.14. The summed E-state index contributed by atoms with van der Waals surface area (Å²) in [5.74, 6) is -1.08. The van der Waals surface area contributed by atoms with Crippen molar-refractivity contribution in [2.45, 2.75) is 25.8 Å². The SMILES string of the molecule is CN(C)C(=O)c1c(-c2ccc3c(c2)CN(N2C(=O)CCCC2=O)C3=O)nc(N)c2ccccc12. The van der Waals surface area contributed by atoms with E-state index in [9.17, 15) is 19.2 Å². The van der Waals surface area contributed by atoms with Crippen LogP contribution in [0.1, 0.15) is 45.5 Å². The number of benzene rings is 2. The largest absolute Gasteiger partial charge is 0.383 e. The Balaban J connectivity index is 1.62. The Hall–Kier alpha value is -4.27. The Morgan fingerprint density at radius 3 is 2.35 bits per heavy atom. The highest BCUT2D eigenvalue weighted by molar-refractivity contribution is 6.13. The number of hydrazine groups is 1. The Bertz CT molecular complexity index is 1380. The van der Waals surface area contributed by atoms with Gasteiger partial charge in [-0.05, 0) is 24.1 Å². The van der Waals surface area contributed by atoms with Gasteiger partial charge in [-0.1, -0.05) is 30.3 Å². The molecule has 0 unspecified atom stereocenters. The summed E-state index contributed by atoms with van der Waals surface area (Å²) in [5.41, 5.74) is 8.74. The minimum absolute atomic E-state index is 0.0828. The molecule has 9 nitrogen and oxygen atoms in total. The number of imide groups is 1. The number of piperidine rings is 1. The summed E-state index contributed by atoms with van der Waals surface area (Å²) >= 11 is 0. The van der Waals surface area contributed by atoms with Crippen LogP contribution in [0.4, 0.5) is 5.82 Å². The van der Waals surface area contributed by atoms with Crippen LogP contribution in [0.2, 0.25) is 0 Å². The van der Waals surface area contributed by atoms with Gasteiger partial charge >= 0.3 is 0 Å².